The van der Waals surface area contributed by atoms with Crippen molar-refractivity contribution < 1.29 is 24.9 Å². The van der Waals surface area contributed by atoms with Crippen molar-refractivity contribution in [2.24, 2.45) is 11.8 Å². The first-order valence-electron chi connectivity index (χ1n) is 9.75. The van der Waals surface area contributed by atoms with Gasteiger partial charge in [-0.15, -0.1) is 0 Å². The molecular weight excluding hydrogens is 380 g/mol. The summed E-state index contributed by atoms with van der Waals surface area (Å²) in [4.78, 5) is 10.5. The van der Waals surface area contributed by atoms with Gasteiger partial charge >= 0.3 is 5.97 Å². The number of aliphatic hydroxyl groups is 2. The van der Waals surface area contributed by atoms with Crippen LogP contribution in [0, 0.1) is 11.8 Å². The fourth-order valence-corrected chi connectivity index (χ4v) is 3.68. The predicted octanol–water partition coefficient (Wildman–Crippen LogP) is 4.22. The maximum Gasteiger partial charge on any atom is 0.303 e. The number of aliphatic hydroxyl groups excluding tert-OH is 2. The Hall–Kier alpha value is -1.82. The van der Waals surface area contributed by atoms with Gasteiger partial charge in [0, 0.05) is 23.8 Å². The number of hydrogen-bond acceptors (Lipinski definition) is 4. The third kappa shape index (κ3) is 7.66. The lowest BCUT2D eigenvalue weighted by molar-refractivity contribution is -0.137. The SMILES string of the molecule is O=C(O)CCC/C=C\CC1C(O)CC(O)C1/C=C/CCOc1cccc(Cl)c1. The van der Waals surface area contributed by atoms with E-state index in [0.29, 0.717) is 43.7 Å². The highest BCUT2D eigenvalue weighted by Gasteiger charge is 2.39. The second-order valence-corrected chi connectivity index (χ2v) is 7.56. The summed E-state index contributed by atoms with van der Waals surface area (Å²) in [6, 6.07) is 7.25. The quantitative estimate of drug-likeness (QED) is 0.377. The van der Waals surface area contributed by atoms with Gasteiger partial charge in [-0.05, 0) is 49.8 Å². The van der Waals surface area contributed by atoms with Crippen molar-refractivity contribution in [3.05, 3.63) is 53.6 Å². The standard InChI is InChI=1S/C22H29ClO5/c23-16-8-7-9-17(14-16)28-13-6-5-11-19-18(20(24)15-21(19)25)10-3-1-2-4-12-22(26)27/h1,3,5,7-9,11,14,18-21,24-25H,2,4,6,10,12-13,15H2,(H,26,27)/b3-1-,11-5+. The molecule has 1 aromatic rings. The second-order valence-electron chi connectivity index (χ2n) is 7.13. The van der Waals surface area contributed by atoms with Crippen LogP contribution in [0.1, 0.15) is 38.5 Å². The van der Waals surface area contributed by atoms with Crippen LogP contribution in [0.4, 0.5) is 0 Å². The van der Waals surface area contributed by atoms with Crippen LogP contribution in [-0.2, 0) is 4.79 Å². The van der Waals surface area contributed by atoms with E-state index in [2.05, 4.69) is 0 Å². The lowest BCUT2D eigenvalue weighted by Gasteiger charge is -2.19. The molecule has 1 aromatic carbocycles. The van der Waals surface area contributed by atoms with Crippen LogP contribution in [-0.4, -0.2) is 40.1 Å². The maximum atomic E-state index is 10.5. The summed E-state index contributed by atoms with van der Waals surface area (Å²) in [5.74, 6) is -0.184. The summed E-state index contributed by atoms with van der Waals surface area (Å²) >= 11 is 5.92. The number of benzene rings is 1. The highest BCUT2D eigenvalue weighted by molar-refractivity contribution is 6.30. The fraction of sp³-hybridized carbons (Fsp3) is 0.500. The van der Waals surface area contributed by atoms with Gasteiger partial charge in [-0.1, -0.05) is 42.0 Å². The number of ether oxygens (including phenoxy) is 1. The topological polar surface area (TPSA) is 87.0 Å². The minimum Gasteiger partial charge on any atom is -0.493 e. The number of carboxylic acid groups (broad SMARTS) is 1. The molecule has 28 heavy (non-hydrogen) atoms. The van der Waals surface area contributed by atoms with Crippen molar-refractivity contribution in [2.45, 2.75) is 50.7 Å². The highest BCUT2D eigenvalue weighted by atomic mass is 35.5. The summed E-state index contributed by atoms with van der Waals surface area (Å²) in [5, 5.41) is 29.8. The number of rotatable bonds is 11. The summed E-state index contributed by atoms with van der Waals surface area (Å²) in [6.45, 7) is 0.510. The van der Waals surface area contributed by atoms with Crippen LogP contribution in [0.2, 0.25) is 5.02 Å². The molecule has 2 rings (SSSR count). The Labute approximate surface area is 171 Å². The van der Waals surface area contributed by atoms with E-state index in [-0.39, 0.29) is 18.3 Å². The zero-order valence-corrected chi connectivity index (χ0v) is 16.7. The van der Waals surface area contributed by atoms with Gasteiger partial charge in [-0.2, -0.15) is 0 Å². The third-order valence-electron chi connectivity index (χ3n) is 4.96. The molecule has 0 aromatic heterocycles. The molecule has 0 amide bonds. The Kier molecular flexibility index (Phi) is 9.55. The largest absolute Gasteiger partial charge is 0.493 e. The van der Waals surface area contributed by atoms with Crippen LogP contribution >= 0.6 is 11.6 Å². The van der Waals surface area contributed by atoms with Crippen LogP contribution in [0.3, 0.4) is 0 Å². The molecule has 0 spiro atoms. The average Bonchev–Trinajstić information content (AvgIpc) is 2.90. The number of unbranched alkanes of at least 4 members (excludes halogenated alkanes) is 1. The van der Waals surface area contributed by atoms with Gasteiger partial charge in [-0.25, -0.2) is 0 Å². The molecule has 0 bridgehead atoms. The molecule has 1 aliphatic carbocycles. The summed E-state index contributed by atoms with van der Waals surface area (Å²) < 4.78 is 5.65. The van der Waals surface area contributed by atoms with E-state index < -0.39 is 18.2 Å². The number of hydrogen-bond donors (Lipinski definition) is 3. The van der Waals surface area contributed by atoms with E-state index in [0.717, 1.165) is 5.75 Å². The van der Waals surface area contributed by atoms with Crippen LogP contribution in [0.5, 0.6) is 5.75 Å². The summed E-state index contributed by atoms with van der Waals surface area (Å²) in [7, 11) is 0. The molecule has 0 aliphatic heterocycles. The van der Waals surface area contributed by atoms with E-state index in [1.807, 2.05) is 36.4 Å². The van der Waals surface area contributed by atoms with E-state index in [4.69, 9.17) is 21.4 Å². The molecule has 4 atom stereocenters. The van der Waals surface area contributed by atoms with Gasteiger partial charge in [-0.3, -0.25) is 4.79 Å². The number of halogens is 1. The molecule has 154 valence electrons. The van der Waals surface area contributed by atoms with E-state index in [1.54, 1.807) is 12.1 Å². The van der Waals surface area contributed by atoms with Crippen molar-refractivity contribution in [1.82, 2.24) is 0 Å². The highest BCUT2D eigenvalue weighted by Crippen LogP contribution is 2.36. The van der Waals surface area contributed by atoms with Gasteiger partial charge in [0.2, 0.25) is 0 Å². The van der Waals surface area contributed by atoms with Crippen molar-refractivity contribution in [3.8, 4) is 5.75 Å². The third-order valence-corrected chi connectivity index (χ3v) is 5.19. The smallest absolute Gasteiger partial charge is 0.303 e. The van der Waals surface area contributed by atoms with Crippen LogP contribution in [0.25, 0.3) is 0 Å². The molecule has 1 saturated carbocycles. The van der Waals surface area contributed by atoms with Gasteiger partial charge in [0.1, 0.15) is 5.75 Å². The van der Waals surface area contributed by atoms with Crippen LogP contribution < -0.4 is 4.74 Å². The first kappa shape index (κ1) is 22.5. The number of aliphatic carboxylic acids is 1. The molecule has 0 saturated heterocycles. The first-order valence-corrected chi connectivity index (χ1v) is 10.1. The Morgan fingerprint density at radius 1 is 1.18 bits per heavy atom. The van der Waals surface area contributed by atoms with E-state index in [1.165, 1.54) is 0 Å². The van der Waals surface area contributed by atoms with Crippen molar-refractivity contribution >= 4 is 17.6 Å². The normalized spacial score (nSPS) is 25.0. The lowest BCUT2D eigenvalue weighted by atomic mass is 9.90. The number of carboxylic acids is 1. The zero-order chi connectivity index (χ0) is 20.4. The van der Waals surface area contributed by atoms with Gasteiger partial charge in [0.15, 0.2) is 0 Å². The minimum atomic E-state index is -0.785. The predicted molar refractivity (Wildman–Crippen MR) is 110 cm³/mol. The molecule has 6 heteroatoms. The number of allylic oxidation sites excluding steroid dienone is 2. The molecule has 1 fully saturated rings. The summed E-state index contributed by atoms with van der Waals surface area (Å²) in [5.41, 5.74) is 0. The Balaban J connectivity index is 1.76. The van der Waals surface area contributed by atoms with Crippen molar-refractivity contribution in [1.29, 1.82) is 0 Å². The Morgan fingerprint density at radius 3 is 2.75 bits per heavy atom. The molecule has 0 heterocycles. The maximum absolute atomic E-state index is 10.5. The lowest BCUT2D eigenvalue weighted by Crippen LogP contribution is -2.19. The first-order chi connectivity index (χ1) is 13.5. The summed E-state index contributed by atoms with van der Waals surface area (Å²) in [6.07, 6.45) is 10.0. The average molecular weight is 409 g/mol. The fourth-order valence-electron chi connectivity index (χ4n) is 3.50. The van der Waals surface area contributed by atoms with E-state index in [9.17, 15) is 15.0 Å². The molecule has 4 unspecified atom stereocenters. The molecule has 0 radical (unpaired) electrons. The van der Waals surface area contributed by atoms with Gasteiger partial charge < -0.3 is 20.1 Å². The monoisotopic (exact) mass is 408 g/mol. The Morgan fingerprint density at radius 2 is 2.00 bits per heavy atom. The van der Waals surface area contributed by atoms with Gasteiger partial charge in [0.05, 0.1) is 18.8 Å². The van der Waals surface area contributed by atoms with Crippen LogP contribution in [0.15, 0.2) is 48.6 Å². The van der Waals surface area contributed by atoms with Crippen molar-refractivity contribution in [2.75, 3.05) is 6.61 Å². The van der Waals surface area contributed by atoms with Crippen molar-refractivity contribution in [3.63, 3.8) is 0 Å². The minimum absolute atomic E-state index is 0.0316. The second kappa shape index (κ2) is 11.9. The number of carbonyl (C=O) groups is 1. The molecule has 5 nitrogen and oxygen atoms in total. The zero-order valence-electron chi connectivity index (χ0n) is 15.9. The molecule has 1 aliphatic rings. The molecule has 3 N–H and O–H groups in total. The van der Waals surface area contributed by atoms with Gasteiger partial charge in [0.25, 0.3) is 0 Å². The van der Waals surface area contributed by atoms with E-state index >= 15 is 0 Å². The molecular formula is C22H29ClO5. The Bertz CT molecular complexity index is 673.